The zero-order valence-corrected chi connectivity index (χ0v) is 40.7. The van der Waals surface area contributed by atoms with E-state index in [0.717, 1.165) is 12.0 Å². The third kappa shape index (κ3) is 6.98. The van der Waals surface area contributed by atoms with Crippen LogP contribution in [0.3, 0.4) is 0 Å². The highest BCUT2D eigenvalue weighted by atomic mass is 16.8. The quantitative estimate of drug-likeness (QED) is 0.125. The first-order valence-electron chi connectivity index (χ1n) is 23.5. The molecule has 6 aliphatic heterocycles. The topological polar surface area (TPSA) is 199 Å². The Morgan fingerprint density at radius 2 is 1.75 bits per heavy atom. The third-order valence-electron chi connectivity index (χ3n) is 15.4. The number of fused-ring (bicyclic) bond motifs is 4. The second-order valence-corrected chi connectivity index (χ2v) is 21.3. The van der Waals surface area contributed by atoms with E-state index in [1.807, 2.05) is 46.8 Å². The molecule has 3 aliphatic carbocycles. The largest absolute Gasteiger partial charge is 0.482 e. The maximum atomic E-state index is 15.6. The van der Waals surface area contributed by atoms with Crippen LogP contribution in [0.5, 0.6) is 17.2 Å². The summed E-state index contributed by atoms with van der Waals surface area (Å²) in [5.74, 6) is -3.81. The number of hydrogen-bond donors (Lipinski definition) is 3. The SMILES string of the molecule is COC(=O)C(C)=CCC12OC(C)(C)C3CC(C1=O)C1C4=C(c5c(O[C@@H]6O[C@@H]7COC(C)(C)O[C@H]7[C@H](O)[C@H]6O)c6c(c(CC=C(C)C)c5OC432)OC(C)(CCC=C(C)C)C=C6)N(C)C(=N)C1C#N. The molecule has 9 aliphatic rings. The number of rotatable bonds is 10. The van der Waals surface area contributed by atoms with Crippen molar-refractivity contribution in [2.75, 3.05) is 20.8 Å². The number of esters is 1. The van der Waals surface area contributed by atoms with E-state index in [4.69, 9.17) is 37.9 Å². The van der Waals surface area contributed by atoms with Crippen molar-refractivity contribution in [2.24, 2.45) is 23.7 Å². The molecule has 3 N–H and O–H groups in total. The normalized spacial score (nSPS) is 36.9. The van der Waals surface area contributed by atoms with Crippen molar-refractivity contribution in [1.29, 1.82) is 10.7 Å². The summed E-state index contributed by atoms with van der Waals surface area (Å²) in [7, 11) is 3.05. The molecule has 3 saturated heterocycles. The lowest BCUT2D eigenvalue weighted by Crippen LogP contribution is -2.76. The Balaban J connectivity index is 1.35. The van der Waals surface area contributed by atoms with E-state index in [-0.39, 0.29) is 30.4 Å². The Morgan fingerprint density at radius 1 is 1.03 bits per heavy atom. The molecule has 12 atom stereocenters. The first-order chi connectivity index (χ1) is 31.5. The molecule has 4 bridgehead atoms. The van der Waals surface area contributed by atoms with Crippen LogP contribution >= 0.6 is 0 Å². The highest BCUT2D eigenvalue weighted by Gasteiger charge is 2.84. The Kier molecular flexibility index (Phi) is 11.4. The lowest BCUT2D eigenvalue weighted by Gasteiger charge is -2.64. The number of amidine groups is 1. The highest BCUT2D eigenvalue weighted by molar-refractivity contribution is 6.06. The Hall–Kier alpha value is -4.82. The molecule has 0 aromatic heterocycles. The number of nitrogens with zero attached hydrogens (tertiary/aromatic N) is 2. The number of ether oxygens (including phenoxy) is 8. The summed E-state index contributed by atoms with van der Waals surface area (Å²) in [6.45, 7) is 19.2. The van der Waals surface area contributed by atoms with Crippen molar-refractivity contribution in [2.45, 2.75) is 160 Å². The average Bonchev–Trinajstić information content (AvgIpc) is 3.41. The molecule has 6 fully saturated rings. The van der Waals surface area contributed by atoms with Crippen LogP contribution < -0.4 is 14.2 Å². The molecule has 1 aromatic rings. The summed E-state index contributed by atoms with van der Waals surface area (Å²) in [6, 6.07) is 2.40. The number of carbonyl (C=O) groups excluding carboxylic acids is 2. The minimum Gasteiger partial charge on any atom is -0.482 e. The van der Waals surface area contributed by atoms with Crippen molar-refractivity contribution < 1.29 is 57.7 Å². The summed E-state index contributed by atoms with van der Waals surface area (Å²) in [4.78, 5) is 30.2. The predicted molar refractivity (Wildman–Crippen MR) is 246 cm³/mol. The van der Waals surface area contributed by atoms with Crippen molar-refractivity contribution in [3.8, 4) is 23.3 Å². The fraction of sp³-hybridized carbons (Fsp3) is 0.615. The van der Waals surface area contributed by atoms with Crippen LogP contribution in [0.25, 0.3) is 11.8 Å². The summed E-state index contributed by atoms with van der Waals surface area (Å²) in [5, 5.41) is 44.2. The van der Waals surface area contributed by atoms with Gasteiger partial charge >= 0.3 is 5.97 Å². The Labute approximate surface area is 392 Å². The van der Waals surface area contributed by atoms with E-state index < -0.39 is 88.5 Å². The molecule has 1 spiro atoms. The van der Waals surface area contributed by atoms with Gasteiger partial charge in [-0.05, 0) is 107 Å². The van der Waals surface area contributed by atoms with Gasteiger partial charge in [-0.25, -0.2) is 4.79 Å². The second kappa shape index (κ2) is 16.1. The van der Waals surface area contributed by atoms with Crippen LogP contribution in [-0.2, 0) is 39.7 Å². The molecule has 0 radical (unpaired) electrons. The van der Waals surface area contributed by atoms with Gasteiger partial charge in [0.2, 0.25) is 6.29 Å². The fourth-order valence-corrected chi connectivity index (χ4v) is 12.3. The summed E-state index contributed by atoms with van der Waals surface area (Å²) in [6.07, 6.45) is 5.67. The number of nitriles is 1. The standard InChI is InChI=1S/C52H65N3O12/c1-25(2)14-13-19-50(10)20-18-29-40(65-50)28(16-15-26(3)4)42-35(41(29)63-47-39(57)38(56)43-32(62-47)24-61-49(8,9)64-43)37-36-34(31(23-53)45(54)55(37)11)30-22-33-48(6,7)67-51(44(30)58,52(33,36)66-42)21-17-27(5)46(59)60-12/h14-15,17-18,20,30-34,38-39,43,47,54,56-57H,13,16,19,21-22,24H2,1-12H3/t30?,31?,32-,33?,34?,38-,39-,43-,47+,50?,51?,52?/m1/s1. The number of hydrogen-bond acceptors (Lipinski definition) is 14. The van der Waals surface area contributed by atoms with Crippen LogP contribution in [0.15, 0.2) is 46.6 Å². The van der Waals surface area contributed by atoms with Gasteiger partial charge in [0.15, 0.2) is 22.8 Å². The number of methoxy groups -OCH3 is 1. The minimum atomic E-state index is -1.69. The zero-order valence-electron chi connectivity index (χ0n) is 40.7. The molecule has 360 valence electrons. The molecule has 67 heavy (non-hydrogen) atoms. The van der Waals surface area contributed by atoms with Crippen molar-refractivity contribution >= 4 is 29.4 Å². The predicted octanol–water partition coefficient (Wildman–Crippen LogP) is 6.88. The molecule has 7 unspecified atom stereocenters. The van der Waals surface area contributed by atoms with Crippen molar-refractivity contribution in [3.63, 3.8) is 0 Å². The maximum absolute atomic E-state index is 15.6. The van der Waals surface area contributed by atoms with Crippen LogP contribution in [0, 0.1) is 40.4 Å². The molecule has 6 heterocycles. The van der Waals surface area contributed by atoms with Gasteiger partial charge in [0.1, 0.15) is 59.0 Å². The van der Waals surface area contributed by atoms with Crippen LogP contribution in [0.1, 0.15) is 112 Å². The Bertz CT molecular complexity index is 2520. The minimum absolute atomic E-state index is 0.00269. The lowest BCUT2D eigenvalue weighted by atomic mass is 9.44. The molecular weight excluding hydrogens is 859 g/mol. The second-order valence-electron chi connectivity index (χ2n) is 21.3. The molecule has 0 amide bonds. The number of allylic oxidation sites excluding steroid dienone is 4. The number of Topliss-reactive ketones (excluding diaryl/α,β-unsaturated/α-hetero) is 1. The fourth-order valence-electron chi connectivity index (χ4n) is 12.3. The number of aliphatic hydroxyl groups is 2. The van der Waals surface area contributed by atoms with Crippen LogP contribution in [0.4, 0.5) is 0 Å². The number of carbonyl (C=O) groups is 2. The Morgan fingerprint density at radius 3 is 2.42 bits per heavy atom. The summed E-state index contributed by atoms with van der Waals surface area (Å²) in [5.41, 5.74) is 0.278. The van der Waals surface area contributed by atoms with Crippen molar-refractivity contribution in [3.05, 3.63) is 63.3 Å². The molecule has 15 nitrogen and oxygen atoms in total. The van der Waals surface area contributed by atoms with E-state index in [0.29, 0.717) is 64.3 Å². The number of nitrogens with one attached hydrogen (secondary N) is 1. The number of ketones is 1. The zero-order chi connectivity index (χ0) is 48.5. The third-order valence-corrected chi connectivity index (χ3v) is 15.4. The molecular formula is C52H65N3O12. The van der Waals surface area contributed by atoms with Crippen molar-refractivity contribution in [1.82, 2.24) is 4.90 Å². The van der Waals surface area contributed by atoms with E-state index in [1.165, 1.54) is 12.7 Å². The van der Waals surface area contributed by atoms with Gasteiger partial charge in [0.05, 0.1) is 42.2 Å². The van der Waals surface area contributed by atoms with Gasteiger partial charge in [-0.3, -0.25) is 10.2 Å². The van der Waals surface area contributed by atoms with E-state index >= 15 is 4.79 Å². The van der Waals surface area contributed by atoms with Gasteiger partial charge in [-0.2, -0.15) is 5.26 Å². The maximum Gasteiger partial charge on any atom is 0.333 e. The van der Waals surface area contributed by atoms with Crippen LogP contribution in [0.2, 0.25) is 0 Å². The number of aliphatic hydroxyl groups excluding tert-OH is 2. The molecule has 1 aromatic carbocycles. The molecule has 10 rings (SSSR count). The van der Waals surface area contributed by atoms with Gasteiger partial charge in [0.25, 0.3) is 0 Å². The first-order valence-corrected chi connectivity index (χ1v) is 23.5. The summed E-state index contributed by atoms with van der Waals surface area (Å²) < 4.78 is 52.8. The van der Waals surface area contributed by atoms with E-state index in [9.17, 15) is 25.7 Å². The molecule has 15 heteroatoms. The summed E-state index contributed by atoms with van der Waals surface area (Å²) >= 11 is 0. The van der Waals surface area contributed by atoms with Gasteiger partial charge in [0, 0.05) is 47.9 Å². The van der Waals surface area contributed by atoms with Gasteiger partial charge < -0.3 is 53.0 Å². The number of benzene rings is 1. The van der Waals surface area contributed by atoms with Gasteiger partial charge in [-0.15, -0.1) is 0 Å². The monoisotopic (exact) mass is 923 g/mol. The van der Waals surface area contributed by atoms with E-state index in [1.54, 1.807) is 38.8 Å². The highest BCUT2D eigenvalue weighted by Crippen LogP contribution is 2.74. The molecule has 3 saturated carbocycles. The van der Waals surface area contributed by atoms with Gasteiger partial charge in [-0.1, -0.05) is 29.4 Å². The smallest absolute Gasteiger partial charge is 0.333 e. The van der Waals surface area contributed by atoms with Crippen LogP contribution in [-0.4, -0.2) is 112 Å². The van der Waals surface area contributed by atoms with E-state index in [2.05, 4.69) is 32.1 Å². The first kappa shape index (κ1) is 47.3. The lowest BCUT2D eigenvalue weighted by molar-refractivity contribution is -0.373. The average molecular weight is 924 g/mol.